The number of amides is 2. The molecule has 1 atom stereocenters. The zero-order valence-electron chi connectivity index (χ0n) is 13.5. The van der Waals surface area contributed by atoms with E-state index in [2.05, 4.69) is 25.7 Å². The Morgan fingerprint density at radius 3 is 3.00 bits per heavy atom. The predicted octanol–water partition coefficient (Wildman–Crippen LogP) is 2.17. The molecule has 1 aliphatic heterocycles. The van der Waals surface area contributed by atoms with E-state index in [9.17, 15) is 9.59 Å². The Bertz CT molecular complexity index is 741. The smallest absolute Gasteiger partial charge is 0.239 e. The molecule has 1 fully saturated rings. The van der Waals surface area contributed by atoms with Gasteiger partial charge in [0.15, 0.2) is 10.9 Å². The molecule has 0 bridgehead atoms. The second-order valence-corrected chi connectivity index (χ2v) is 6.62. The van der Waals surface area contributed by atoms with Crippen LogP contribution in [0.25, 0.3) is 0 Å². The average molecular weight is 349 g/mol. The van der Waals surface area contributed by atoms with Gasteiger partial charge < -0.3 is 15.2 Å². The lowest BCUT2D eigenvalue weighted by Gasteiger charge is -2.22. The molecule has 0 unspecified atom stereocenters. The van der Waals surface area contributed by atoms with E-state index in [0.717, 1.165) is 25.1 Å². The molecule has 2 aromatic heterocycles. The van der Waals surface area contributed by atoms with E-state index < -0.39 is 0 Å². The van der Waals surface area contributed by atoms with Crippen LogP contribution in [0.5, 0.6) is 0 Å². The lowest BCUT2D eigenvalue weighted by atomic mass is 10.2. The average Bonchev–Trinajstić information content (AvgIpc) is 3.20. The maximum atomic E-state index is 12.2. The van der Waals surface area contributed by atoms with Gasteiger partial charge in [0.1, 0.15) is 5.76 Å². The van der Waals surface area contributed by atoms with Crippen molar-refractivity contribution in [3.63, 3.8) is 0 Å². The summed E-state index contributed by atoms with van der Waals surface area (Å²) in [6.45, 7) is 4.33. The number of likely N-dealkylation sites (tertiary alicyclic amines) is 1. The van der Waals surface area contributed by atoms with E-state index in [1.807, 2.05) is 5.38 Å². The van der Waals surface area contributed by atoms with Crippen molar-refractivity contribution in [1.29, 1.82) is 0 Å². The van der Waals surface area contributed by atoms with Gasteiger partial charge in [-0.2, -0.15) is 0 Å². The number of rotatable bonds is 5. The van der Waals surface area contributed by atoms with Gasteiger partial charge in [-0.25, -0.2) is 4.98 Å². The minimum atomic E-state index is -0.138. The predicted molar refractivity (Wildman–Crippen MR) is 89.8 cm³/mol. The molecule has 0 saturated carbocycles. The molecule has 2 N–H and O–H groups in total. The summed E-state index contributed by atoms with van der Waals surface area (Å²) >= 11 is 1.40. The van der Waals surface area contributed by atoms with Crippen molar-refractivity contribution in [2.45, 2.75) is 32.7 Å². The van der Waals surface area contributed by atoms with Crippen LogP contribution >= 0.6 is 11.3 Å². The number of aromatic nitrogens is 2. The van der Waals surface area contributed by atoms with Gasteiger partial charge in [-0.3, -0.25) is 14.5 Å². The van der Waals surface area contributed by atoms with Gasteiger partial charge in [-0.1, -0.05) is 5.16 Å². The second kappa shape index (κ2) is 7.10. The number of anilines is 2. The van der Waals surface area contributed by atoms with E-state index in [4.69, 9.17) is 4.52 Å². The molecule has 0 spiro atoms. The fourth-order valence-electron chi connectivity index (χ4n) is 2.79. The van der Waals surface area contributed by atoms with Crippen molar-refractivity contribution in [3.05, 3.63) is 22.9 Å². The molecule has 1 saturated heterocycles. The molecule has 128 valence electrons. The topological polar surface area (TPSA) is 100 Å². The van der Waals surface area contributed by atoms with Crippen LogP contribution in [0.2, 0.25) is 0 Å². The van der Waals surface area contributed by atoms with Gasteiger partial charge in [-0.05, 0) is 26.3 Å². The lowest BCUT2D eigenvalue weighted by Crippen LogP contribution is -2.33. The van der Waals surface area contributed by atoms with Crippen molar-refractivity contribution in [3.8, 4) is 0 Å². The first-order valence-corrected chi connectivity index (χ1v) is 8.59. The maximum Gasteiger partial charge on any atom is 0.239 e. The molecule has 2 aromatic rings. The molecule has 3 rings (SSSR count). The normalized spacial score (nSPS) is 17.8. The first-order valence-electron chi connectivity index (χ1n) is 7.71. The molecule has 8 nitrogen and oxygen atoms in total. The number of carbonyl (C=O) groups excluding carboxylic acids is 2. The minimum absolute atomic E-state index is 0.0913. The molecule has 1 aliphatic rings. The third kappa shape index (κ3) is 3.98. The third-order valence-electron chi connectivity index (χ3n) is 3.75. The molecule has 9 heteroatoms. The first-order chi connectivity index (χ1) is 11.5. The van der Waals surface area contributed by atoms with Crippen molar-refractivity contribution in [1.82, 2.24) is 15.0 Å². The Balaban J connectivity index is 1.61. The highest BCUT2D eigenvalue weighted by Crippen LogP contribution is 2.33. The third-order valence-corrected chi connectivity index (χ3v) is 4.53. The molecule has 2 amide bonds. The highest BCUT2D eigenvalue weighted by Gasteiger charge is 2.29. The van der Waals surface area contributed by atoms with Crippen LogP contribution in [-0.4, -0.2) is 39.9 Å². The van der Waals surface area contributed by atoms with Gasteiger partial charge in [-0.15, -0.1) is 11.3 Å². The summed E-state index contributed by atoms with van der Waals surface area (Å²) in [5.41, 5.74) is 0.895. The van der Waals surface area contributed by atoms with Gasteiger partial charge >= 0.3 is 0 Å². The lowest BCUT2D eigenvalue weighted by molar-refractivity contribution is -0.117. The van der Waals surface area contributed by atoms with Crippen LogP contribution in [0.4, 0.5) is 10.9 Å². The van der Waals surface area contributed by atoms with E-state index in [1.54, 1.807) is 13.0 Å². The number of nitrogens with zero attached hydrogens (tertiary/aromatic N) is 3. The maximum absolute atomic E-state index is 12.2. The Morgan fingerprint density at radius 2 is 2.29 bits per heavy atom. The first kappa shape index (κ1) is 16.6. The van der Waals surface area contributed by atoms with Crippen LogP contribution in [0.1, 0.15) is 37.3 Å². The summed E-state index contributed by atoms with van der Waals surface area (Å²) in [5.74, 6) is 0.807. The molecule has 24 heavy (non-hydrogen) atoms. The van der Waals surface area contributed by atoms with Crippen molar-refractivity contribution >= 4 is 34.1 Å². The molecular weight excluding hydrogens is 330 g/mol. The van der Waals surface area contributed by atoms with E-state index in [1.165, 1.54) is 18.3 Å². The number of aryl methyl sites for hydroxylation is 1. The summed E-state index contributed by atoms with van der Waals surface area (Å²) in [5, 5.41) is 11.7. The molecule has 3 heterocycles. The Labute approximate surface area is 143 Å². The number of nitrogens with one attached hydrogen (secondary N) is 2. The van der Waals surface area contributed by atoms with Gasteiger partial charge in [0.2, 0.25) is 11.8 Å². The fraction of sp³-hybridized carbons (Fsp3) is 0.467. The van der Waals surface area contributed by atoms with Crippen LogP contribution in [0.15, 0.2) is 16.0 Å². The van der Waals surface area contributed by atoms with Gasteiger partial charge in [0.25, 0.3) is 0 Å². The van der Waals surface area contributed by atoms with Crippen molar-refractivity contribution in [2.24, 2.45) is 0 Å². The minimum Gasteiger partial charge on any atom is -0.360 e. The van der Waals surface area contributed by atoms with Crippen LogP contribution in [-0.2, 0) is 9.59 Å². The SMILES string of the molecule is CC(=O)Nc1nc([C@H]2CCCN2CC(=O)Nc2cc(C)on2)cs1. The quantitative estimate of drug-likeness (QED) is 0.858. The second-order valence-electron chi connectivity index (χ2n) is 5.76. The largest absolute Gasteiger partial charge is 0.360 e. The number of hydrogen-bond acceptors (Lipinski definition) is 7. The summed E-state index contributed by atoms with van der Waals surface area (Å²) < 4.78 is 4.94. The van der Waals surface area contributed by atoms with E-state index >= 15 is 0 Å². The highest BCUT2D eigenvalue weighted by atomic mass is 32.1. The number of hydrogen-bond donors (Lipinski definition) is 2. The summed E-state index contributed by atoms with van der Waals surface area (Å²) in [6.07, 6.45) is 1.95. The molecule has 0 aliphatic carbocycles. The molecule has 0 radical (unpaired) electrons. The van der Waals surface area contributed by atoms with Crippen molar-refractivity contribution in [2.75, 3.05) is 23.7 Å². The number of thiazole rings is 1. The number of carbonyl (C=O) groups is 2. The molecule has 0 aromatic carbocycles. The Hall–Kier alpha value is -2.26. The van der Waals surface area contributed by atoms with Crippen molar-refractivity contribution < 1.29 is 14.1 Å². The summed E-state index contributed by atoms with van der Waals surface area (Å²) in [4.78, 5) is 29.9. The summed E-state index contributed by atoms with van der Waals surface area (Å²) in [6, 6.07) is 1.77. The summed E-state index contributed by atoms with van der Waals surface area (Å²) in [7, 11) is 0. The zero-order valence-corrected chi connectivity index (χ0v) is 14.4. The highest BCUT2D eigenvalue weighted by molar-refractivity contribution is 7.13. The van der Waals surface area contributed by atoms with Gasteiger partial charge in [0.05, 0.1) is 18.3 Å². The molecular formula is C15H19N5O3S. The Kier molecular flexibility index (Phi) is 4.91. The zero-order chi connectivity index (χ0) is 17.1. The van der Waals surface area contributed by atoms with Crippen LogP contribution < -0.4 is 10.6 Å². The Morgan fingerprint density at radius 1 is 1.46 bits per heavy atom. The van der Waals surface area contributed by atoms with E-state index in [-0.39, 0.29) is 24.4 Å². The van der Waals surface area contributed by atoms with Gasteiger partial charge in [0, 0.05) is 18.4 Å². The standard InChI is InChI=1S/C15H19N5O3S/c1-9-6-13(19-23-9)18-14(22)7-20-5-3-4-12(20)11-8-24-15(17-11)16-10(2)21/h6,8,12H,3-5,7H2,1-2H3,(H,16,17,21)(H,18,19,22)/t12-/m1/s1. The van der Waals surface area contributed by atoms with Crippen LogP contribution in [0.3, 0.4) is 0 Å². The van der Waals surface area contributed by atoms with Crippen LogP contribution in [0, 0.1) is 6.92 Å². The fourth-order valence-corrected chi connectivity index (χ4v) is 3.59. The van der Waals surface area contributed by atoms with E-state index in [0.29, 0.717) is 16.7 Å². The monoisotopic (exact) mass is 349 g/mol.